The molecule has 1 aliphatic heterocycles. The number of hydrogen-bond acceptors (Lipinski definition) is 6. The molecule has 2 aliphatic rings. The summed E-state index contributed by atoms with van der Waals surface area (Å²) in [5.41, 5.74) is 4.01. The number of phenolic OH excluding ortho intramolecular Hbond substituents is 1. The fourth-order valence-electron chi connectivity index (χ4n) is 4.63. The third kappa shape index (κ3) is 4.98. The van der Waals surface area contributed by atoms with Crippen LogP contribution in [0.4, 0.5) is 0 Å². The summed E-state index contributed by atoms with van der Waals surface area (Å²) in [6, 6.07) is 2.07. The second kappa shape index (κ2) is 9.74. The monoisotopic (exact) mass is 432 g/mol. The quantitative estimate of drug-likeness (QED) is 0.530. The largest absolute Gasteiger partial charge is 0.504 e. The van der Waals surface area contributed by atoms with Crippen LogP contribution in [0.1, 0.15) is 69.1 Å². The Labute approximate surface area is 184 Å². The molecular formula is C25H36O6. The Morgan fingerprint density at radius 1 is 1.19 bits per heavy atom. The van der Waals surface area contributed by atoms with Gasteiger partial charge in [0, 0.05) is 5.56 Å². The highest BCUT2D eigenvalue weighted by Crippen LogP contribution is 2.50. The minimum atomic E-state index is -1.41. The number of ether oxygens (including phenoxy) is 2. The maximum Gasteiger partial charge on any atom is 0.229 e. The number of allylic oxidation sites excluding steroid dienone is 4. The number of fused-ring (bicyclic) bond motifs is 1. The second-order valence-electron chi connectivity index (χ2n) is 9.32. The SMILES string of the molecule is CC(C)=C/C=C/[C@H](C)[C@H]1CC[C@H](C)c2c1cc(C)c(O[C@H]1OC[C@@H](O)[C@@H](O)[C@@H]1O)c2O. The van der Waals surface area contributed by atoms with E-state index in [2.05, 4.69) is 52.0 Å². The Kier molecular flexibility index (Phi) is 7.47. The summed E-state index contributed by atoms with van der Waals surface area (Å²) < 4.78 is 11.2. The summed E-state index contributed by atoms with van der Waals surface area (Å²) in [6.07, 6.45) is 3.31. The maximum atomic E-state index is 11.2. The zero-order valence-corrected chi connectivity index (χ0v) is 19.1. The van der Waals surface area contributed by atoms with Gasteiger partial charge in [-0.25, -0.2) is 0 Å². The van der Waals surface area contributed by atoms with Crippen molar-refractivity contribution in [1.29, 1.82) is 0 Å². The molecule has 4 N–H and O–H groups in total. The van der Waals surface area contributed by atoms with Crippen LogP contribution in [0.2, 0.25) is 0 Å². The lowest BCUT2D eigenvalue weighted by Crippen LogP contribution is -2.54. The summed E-state index contributed by atoms with van der Waals surface area (Å²) >= 11 is 0. The van der Waals surface area contributed by atoms with Gasteiger partial charge in [-0.1, -0.05) is 43.7 Å². The number of aliphatic hydroxyl groups is 3. The van der Waals surface area contributed by atoms with Gasteiger partial charge in [0.2, 0.25) is 6.29 Å². The predicted molar refractivity (Wildman–Crippen MR) is 119 cm³/mol. The van der Waals surface area contributed by atoms with Crippen molar-refractivity contribution in [2.45, 2.75) is 83.9 Å². The minimum absolute atomic E-state index is 0.0732. The van der Waals surface area contributed by atoms with Crippen LogP contribution >= 0.6 is 0 Å². The Bertz CT molecular complexity index is 841. The molecule has 1 fully saturated rings. The summed E-state index contributed by atoms with van der Waals surface area (Å²) in [6.45, 7) is 10.2. The normalized spacial score (nSPS) is 31.9. The highest BCUT2D eigenvalue weighted by Gasteiger charge is 2.40. The van der Waals surface area contributed by atoms with Gasteiger partial charge in [-0.2, -0.15) is 0 Å². The first-order valence-corrected chi connectivity index (χ1v) is 11.1. The summed E-state index contributed by atoms with van der Waals surface area (Å²) in [7, 11) is 0. The number of benzene rings is 1. The molecule has 1 aromatic rings. The van der Waals surface area contributed by atoms with E-state index < -0.39 is 24.6 Å². The van der Waals surface area contributed by atoms with E-state index in [4.69, 9.17) is 9.47 Å². The molecule has 6 heteroatoms. The average molecular weight is 433 g/mol. The molecule has 3 rings (SSSR count). The van der Waals surface area contributed by atoms with Gasteiger partial charge < -0.3 is 29.9 Å². The van der Waals surface area contributed by atoms with Gasteiger partial charge in [-0.3, -0.25) is 0 Å². The lowest BCUT2D eigenvalue weighted by Gasteiger charge is -2.37. The number of rotatable bonds is 5. The molecular weight excluding hydrogens is 396 g/mol. The van der Waals surface area contributed by atoms with Crippen molar-refractivity contribution < 1.29 is 29.9 Å². The van der Waals surface area contributed by atoms with E-state index in [9.17, 15) is 20.4 Å². The molecule has 0 spiro atoms. The topological polar surface area (TPSA) is 99.4 Å². The van der Waals surface area contributed by atoms with Gasteiger partial charge in [0.1, 0.15) is 18.3 Å². The van der Waals surface area contributed by atoms with Crippen molar-refractivity contribution >= 4 is 0 Å². The number of aryl methyl sites for hydroxylation is 1. The van der Waals surface area contributed by atoms with Gasteiger partial charge in [-0.05, 0) is 62.5 Å². The Morgan fingerprint density at radius 3 is 2.58 bits per heavy atom. The Morgan fingerprint density at radius 2 is 1.90 bits per heavy atom. The van der Waals surface area contributed by atoms with Crippen LogP contribution in [0.3, 0.4) is 0 Å². The third-order valence-electron chi connectivity index (χ3n) is 6.48. The van der Waals surface area contributed by atoms with E-state index in [1.54, 1.807) is 0 Å². The predicted octanol–water partition coefficient (Wildman–Crippen LogP) is 3.66. The standard InChI is InChI=1S/C25H36O6/c1-13(2)7-6-8-14(3)17-10-9-15(4)20-18(17)11-16(5)24(22(20)28)31-25-23(29)21(27)19(26)12-30-25/h6-8,11,14-15,17,19,21,23,25-29H,9-10,12H2,1-5H3/b8-6+/t14-,15-,17+,19+,21+,23-,25+/m0/s1. The second-order valence-corrected chi connectivity index (χ2v) is 9.32. The van der Waals surface area contributed by atoms with Crippen LogP contribution in [0, 0.1) is 12.8 Å². The fourth-order valence-corrected chi connectivity index (χ4v) is 4.63. The van der Waals surface area contributed by atoms with Crippen molar-refractivity contribution in [3.05, 3.63) is 46.6 Å². The molecule has 1 aromatic carbocycles. The van der Waals surface area contributed by atoms with Crippen molar-refractivity contribution in [3.8, 4) is 11.5 Å². The molecule has 0 unspecified atom stereocenters. The molecule has 1 saturated heterocycles. The van der Waals surface area contributed by atoms with Gasteiger partial charge in [0.05, 0.1) is 6.61 Å². The van der Waals surface area contributed by atoms with E-state index >= 15 is 0 Å². The molecule has 0 aromatic heterocycles. The molecule has 1 heterocycles. The lowest BCUT2D eigenvalue weighted by atomic mass is 9.71. The van der Waals surface area contributed by atoms with Crippen LogP contribution < -0.4 is 4.74 Å². The van der Waals surface area contributed by atoms with Crippen LogP contribution in [-0.2, 0) is 4.74 Å². The molecule has 0 bridgehead atoms. The maximum absolute atomic E-state index is 11.2. The van der Waals surface area contributed by atoms with Gasteiger partial charge in [0.25, 0.3) is 0 Å². The summed E-state index contributed by atoms with van der Waals surface area (Å²) in [5.74, 6) is 1.11. The van der Waals surface area contributed by atoms with Crippen molar-refractivity contribution in [2.24, 2.45) is 5.92 Å². The zero-order valence-electron chi connectivity index (χ0n) is 19.1. The molecule has 0 amide bonds. The Balaban J connectivity index is 1.92. The van der Waals surface area contributed by atoms with E-state index in [0.717, 1.165) is 29.5 Å². The molecule has 0 radical (unpaired) electrons. The third-order valence-corrected chi connectivity index (χ3v) is 6.48. The molecule has 172 valence electrons. The van der Waals surface area contributed by atoms with Crippen LogP contribution in [0.15, 0.2) is 29.9 Å². The summed E-state index contributed by atoms with van der Waals surface area (Å²) in [5, 5.41) is 41.0. The number of aromatic hydroxyl groups is 1. The Hall–Kier alpha value is -1.86. The van der Waals surface area contributed by atoms with Gasteiger partial charge in [0.15, 0.2) is 11.5 Å². The van der Waals surface area contributed by atoms with Crippen LogP contribution in [0.5, 0.6) is 11.5 Å². The molecule has 0 saturated carbocycles. The van der Waals surface area contributed by atoms with E-state index in [1.807, 2.05) is 6.92 Å². The number of hydrogen-bond donors (Lipinski definition) is 4. The lowest BCUT2D eigenvalue weighted by molar-refractivity contribution is -0.242. The molecule has 1 aliphatic carbocycles. The van der Waals surface area contributed by atoms with Crippen molar-refractivity contribution in [2.75, 3.05) is 6.61 Å². The van der Waals surface area contributed by atoms with E-state index in [1.165, 1.54) is 5.57 Å². The fraction of sp³-hybridized carbons (Fsp3) is 0.600. The number of aliphatic hydroxyl groups excluding tert-OH is 3. The minimum Gasteiger partial charge on any atom is -0.504 e. The van der Waals surface area contributed by atoms with Crippen LogP contribution in [-0.4, -0.2) is 51.6 Å². The molecule has 7 atom stereocenters. The smallest absolute Gasteiger partial charge is 0.229 e. The number of phenols is 1. The average Bonchev–Trinajstić information content (AvgIpc) is 2.70. The molecule has 6 nitrogen and oxygen atoms in total. The summed E-state index contributed by atoms with van der Waals surface area (Å²) in [4.78, 5) is 0. The molecule has 31 heavy (non-hydrogen) atoms. The van der Waals surface area contributed by atoms with E-state index in [0.29, 0.717) is 11.8 Å². The van der Waals surface area contributed by atoms with Gasteiger partial charge >= 0.3 is 0 Å². The first kappa shape index (κ1) is 23.8. The highest BCUT2D eigenvalue weighted by atomic mass is 16.7. The van der Waals surface area contributed by atoms with E-state index in [-0.39, 0.29) is 24.0 Å². The van der Waals surface area contributed by atoms with Crippen molar-refractivity contribution in [1.82, 2.24) is 0 Å². The van der Waals surface area contributed by atoms with Crippen molar-refractivity contribution in [3.63, 3.8) is 0 Å². The first-order chi connectivity index (χ1) is 14.6. The first-order valence-electron chi connectivity index (χ1n) is 11.1. The highest BCUT2D eigenvalue weighted by molar-refractivity contribution is 5.57. The van der Waals surface area contributed by atoms with Crippen LogP contribution in [0.25, 0.3) is 0 Å². The van der Waals surface area contributed by atoms with Gasteiger partial charge in [-0.15, -0.1) is 0 Å². The zero-order chi connectivity index (χ0) is 22.9.